The van der Waals surface area contributed by atoms with Crippen LogP contribution in [0.1, 0.15) is 24.0 Å². The Bertz CT molecular complexity index is 662. The zero-order chi connectivity index (χ0) is 14.3. The summed E-state index contributed by atoms with van der Waals surface area (Å²) in [6, 6.07) is 4.60. The third-order valence-electron chi connectivity index (χ3n) is 3.85. The number of anilines is 1. The molecule has 1 aliphatic heterocycles. The molecule has 106 valence electrons. The lowest BCUT2D eigenvalue weighted by atomic mass is 9.99. The van der Waals surface area contributed by atoms with Crippen LogP contribution < -0.4 is 4.90 Å². The van der Waals surface area contributed by atoms with Gasteiger partial charge >= 0.3 is 5.97 Å². The summed E-state index contributed by atoms with van der Waals surface area (Å²) in [6.07, 6.45) is 1.58. The zero-order valence-corrected chi connectivity index (χ0v) is 11.7. The highest BCUT2D eigenvalue weighted by Crippen LogP contribution is 2.28. The van der Waals surface area contributed by atoms with Crippen LogP contribution in [0.15, 0.2) is 16.5 Å². The van der Waals surface area contributed by atoms with Gasteiger partial charge in [0.05, 0.1) is 5.92 Å². The third kappa shape index (κ3) is 2.24. The van der Waals surface area contributed by atoms with E-state index >= 15 is 0 Å². The van der Waals surface area contributed by atoms with Crippen molar-refractivity contribution in [1.82, 2.24) is 4.98 Å². The van der Waals surface area contributed by atoms with Gasteiger partial charge < -0.3 is 14.4 Å². The summed E-state index contributed by atoms with van der Waals surface area (Å²) in [5.41, 5.74) is 3.85. The number of carboxylic acid groups (broad SMARTS) is 1. The quantitative estimate of drug-likeness (QED) is 0.912. The Labute approximate surface area is 117 Å². The number of aryl methyl sites for hydroxylation is 2. The second-order valence-corrected chi connectivity index (χ2v) is 5.55. The lowest BCUT2D eigenvalue weighted by Gasteiger charge is -2.29. The molecule has 1 unspecified atom stereocenters. The van der Waals surface area contributed by atoms with Crippen LogP contribution in [0.2, 0.25) is 0 Å². The molecule has 1 N–H and O–H groups in total. The molecule has 2 heterocycles. The van der Waals surface area contributed by atoms with Crippen LogP contribution in [0.5, 0.6) is 0 Å². The summed E-state index contributed by atoms with van der Waals surface area (Å²) < 4.78 is 5.84. The maximum absolute atomic E-state index is 11.1. The monoisotopic (exact) mass is 274 g/mol. The van der Waals surface area contributed by atoms with E-state index in [-0.39, 0.29) is 5.92 Å². The van der Waals surface area contributed by atoms with E-state index in [1.165, 1.54) is 0 Å². The molecule has 1 atom stereocenters. The minimum atomic E-state index is -0.738. The molecule has 1 aromatic heterocycles. The second-order valence-electron chi connectivity index (χ2n) is 5.55. The van der Waals surface area contributed by atoms with Crippen molar-refractivity contribution in [2.75, 3.05) is 18.0 Å². The van der Waals surface area contributed by atoms with Crippen molar-refractivity contribution in [2.45, 2.75) is 26.7 Å². The van der Waals surface area contributed by atoms with E-state index < -0.39 is 5.97 Å². The number of benzene rings is 1. The lowest BCUT2D eigenvalue weighted by Crippen LogP contribution is -2.38. The number of fused-ring (bicyclic) bond motifs is 1. The van der Waals surface area contributed by atoms with Crippen molar-refractivity contribution in [2.24, 2.45) is 5.92 Å². The van der Waals surface area contributed by atoms with Gasteiger partial charge in [0.1, 0.15) is 5.52 Å². The molecular formula is C15H18N2O3. The number of nitrogens with zero attached hydrogens (tertiary/aromatic N) is 2. The van der Waals surface area contributed by atoms with Crippen molar-refractivity contribution in [3.8, 4) is 0 Å². The number of rotatable bonds is 2. The molecule has 2 aromatic rings. The number of oxazole rings is 1. The summed E-state index contributed by atoms with van der Waals surface area (Å²) in [4.78, 5) is 17.6. The van der Waals surface area contributed by atoms with Crippen LogP contribution in [0.3, 0.4) is 0 Å². The number of hydrogen-bond acceptors (Lipinski definition) is 4. The molecule has 0 radical (unpaired) electrons. The summed E-state index contributed by atoms with van der Waals surface area (Å²) >= 11 is 0. The smallest absolute Gasteiger partial charge is 0.308 e. The Balaban J connectivity index is 1.94. The number of carboxylic acids is 1. The van der Waals surface area contributed by atoms with Crippen LogP contribution in [-0.2, 0) is 4.79 Å². The van der Waals surface area contributed by atoms with Gasteiger partial charge in [-0.3, -0.25) is 4.79 Å². The Hall–Kier alpha value is -2.04. The molecule has 0 aliphatic carbocycles. The maximum atomic E-state index is 11.1. The van der Waals surface area contributed by atoms with E-state index in [1.54, 1.807) is 0 Å². The van der Waals surface area contributed by atoms with E-state index in [0.29, 0.717) is 12.6 Å². The summed E-state index contributed by atoms with van der Waals surface area (Å²) in [5.74, 6) is -1.07. The topological polar surface area (TPSA) is 66.6 Å². The number of aromatic nitrogens is 1. The van der Waals surface area contributed by atoms with Crippen molar-refractivity contribution in [3.05, 3.63) is 23.3 Å². The number of hydrogen-bond donors (Lipinski definition) is 1. The van der Waals surface area contributed by atoms with E-state index in [9.17, 15) is 4.79 Å². The van der Waals surface area contributed by atoms with Crippen molar-refractivity contribution in [3.63, 3.8) is 0 Å². The fraction of sp³-hybridized carbons (Fsp3) is 0.467. The predicted octanol–water partition coefficient (Wildman–Crippen LogP) is 2.75. The Kier molecular flexibility index (Phi) is 3.12. The summed E-state index contributed by atoms with van der Waals surface area (Å²) in [7, 11) is 0. The second kappa shape index (κ2) is 4.81. The number of aliphatic carboxylic acids is 1. The first-order valence-electron chi connectivity index (χ1n) is 6.90. The van der Waals surface area contributed by atoms with E-state index in [1.807, 2.05) is 24.8 Å². The number of piperidine rings is 1. The molecular weight excluding hydrogens is 256 g/mol. The fourth-order valence-corrected chi connectivity index (χ4v) is 2.85. The summed E-state index contributed by atoms with van der Waals surface area (Å²) in [6.45, 7) is 5.30. The van der Waals surface area contributed by atoms with Crippen LogP contribution in [0.4, 0.5) is 6.01 Å². The minimum Gasteiger partial charge on any atom is -0.481 e. The van der Waals surface area contributed by atoms with Crippen molar-refractivity contribution < 1.29 is 14.3 Å². The number of carbonyl (C=O) groups is 1. The Morgan fingerprint density at radius 1 is 1.45 bits per heavy atom. The lowest BCUT2D eigenvalue weighted by molar-refractivity contribution is -0.141. The van der Waals surface area contributed by atoms with Gasteiger partial charge in [-0.05, 0) is 43.9 Å². The van der Waals surface area contributed by atoms with Gasteiger partial charge in [-0.25, -0.2) is 0 Å². The molecule has 5 heteroatoms. The minimum absolute atomic E-state index is 0.332. The average Bonchev–Trinajstić information content (AvgIpc) is 2.83. The molecule has 0 amide bonds. The molecule has 0 saturated carbocycles. The van der Waals surface area contributed by atoms with Gasteiger partial charge in [-0.2, -0.15) is 4.98 Å². The fourth-order valence-electron chi connectivity index (χ4n) is 2.85. The highest BCUT2D eigenvalue weighted by atomic mass is 16.4. The molecule has 1 fully saturated rings. The van der Waals surface area contributed by atoms with E-state index in [0.717, 1.165) is 41.6 Å². The maximum Gasteiger partial charge on any atom is 0.308 e. The first-order chi connectivity index (χ1) is 9.54. The Morgan fingerprint density at radius 3 is 3.00 bits per heavy atom. The normalized spacial score (nSPS) is 19.5. The highest BCUT2D eigenvalue weighted by Gasteiger charge is 2.28. The molecule has 1 aliphatic rings. The van der Waals surface area contributed by atoms with Crippen molar-refractivity contribution >= 4 is 23.1 Å². The van der Waals surface area contributed by atoms with Crippen LogP contribution in [-0.4, -0.2) is 29.1 Å². The van der Waals surface area contributed by atoms with Crippen LogP contribution in [0, 0.1) is 19.8 Å². The third-order valence-corrected chi connectivity index (χ3v) is 3.85. The highest BCUT2D eigenvalue weighted by molar-refractivity contribution is 5.79. The molecule has 20 heavy (non-hydrogen) atoms. The van der Waals surface area contributed by atoms with Gasteiger partial charge in [-0.15, -0.1) is 0 Å². The zero-order valence-electron chi connectivity index (χ0n) is 11.7. The van der Waals surface area contributed by atoms with Crippen LogP contribution >= 0.6 is 0 Å². The summed E-state index contributed by atoms with van der Waals surface area (Å²) in [5, 5.41) is 9.15. The largest absolute Gasteiger partial charge is 0.481 e. The van der Waals surface area contributed by atoms with Crippen molar-refractivity contribution in [1.29, 1.82) is 0 Å². The molecule has 3 rings (SSSR count). The Morgan fingerprint density at radius 2 is 2.25 bits per heavy atom. The standard InChI is InChI=1S/C15H18N2O3/c1-9-6-10(2)13-12(7-9)16-15(20-13)17-5-3-4-11(8-17)14(18)19/h6-7,11H,3-5,8H2,1-2H3,(H,18,19). The van der Waals surface area contributed by atoms with Gasteiger partial charge in [0.2, 0.25) is 0 Å². The van der Waals surface area contributed by atoms with E-state index in [2.05, 4.69) is 11.1 Å². The molecule has 0 spiro atoms. The van der Waals surface area contributed by atoms with Gasteiger partial charge in [-0.1, -0.05) is 6.07 Å². The van der Waals surface area contributed by atoms with Gasteiger partial charge in [0, 0.05) is 13.1 Å². The first-order valence-corrected chi connectivity index (χ1v) is 6.90. The first kappa shape index (κ1) is 13.0. The molecule has 0 bridgehead atoms. The molecule has 1 saturated heterocycles. The molecule has 1 aromatic carbocycles. The SMILES string of the molecule is Cc1cc(C)c2oc(N3CCCC(C(=O)O)C3)nc2c1. The average molecular weight is 274 g/mol. The van der Waals surface area contributed by atoms with Gasteiger partial charge in [0.15, 0.2) is 5.58 Å². The van der Waals surface area contributed by atoms with Crippen LogP contribution in [0.25, 0.3) is 11.1 Å². The van der Waals surface area contributed by atoms with Gasteiger partial charge in [0.25, 0.3) is 6.01 Å². The van der Waals surface area contributed by atoms with E-state index in [4.69, 9.17) is 9.52 Å². The molecule has 5 nitrogen and oxygen atoms in total. The predicted molar refractivity (Wildman–Crippen MR) is 76.1 cm³/mol.